The summed E-state index contributed by atoms with van der Waals surface area (Å²) in [5, 5.41) is 23.8. The van der Waals surface area contributed by atoms with Crippen molar-refractivity contribution in [3.8, 4) is 0 Å². The SMILES string of the molecule is C[C@H](N)C(=O)OC[C@@]1(N=[N+]=[N-])O[C@@H](n2ccc(N)nc2=O)[C@H](O)[C@@H]1O. The number of azide groups is 1. The van der Waals surface area contributed by atoms with Crippen LogP contribution in [0, 0.1) is 0 Å². The average Bonchev–Trinajstić information content (AvgIpc) is 2.78. The van der Waals surface area contributed by atoms with Crippen molar-refractivity contribution in [2.45, 2.75) is 37.1 Å². The fourth-order valence-electron chi connectivity index (χ4n) is 2.22. The number of ether oxygens (including phenoxy) is 2. The van der Waals surface area contributed by atoms with E-state index in [2.05, 4.69) is 15.0 Å². The van der Waals surface area contributed by atoms with E-state index in [1.165, 1.54) is 19.2 Å². The Morgan fingerprint density at radius 2 is 2.36 bits per heavy atom. The van der Waals surface area contributed by atoms with E-state index >= 15 is 0 Å². The summed E-state index contributed by atoms with van der Waals surface area (Å²) in [6.07, 6.45) is -3.73. The topological polar surface area (TPSA) is 212 Å². The van der Waals surface area contributed by atoms with Crippen LogP contribution in [-0.2, 0) is 14.3 Å². The number of hydrogen-bond donors (Lipinski definition) is 4. The van der Waals surface area contributed by atoms with E-state index in [0.29, 0.717) is 0 Å². The molecule has 0 radical (unpaired) electrons. The van der Waals surface area contributed by atoms with Gasteiger partial charge >= 0.3 is 11.7 Å². The number of carbonyl (C=O) groups is 1. The number of nitrogens with zero attached hydrogens (tertiary/aromatic N) is 5. The van der Waals surface area contributed by atoms with Crippen molar-refractivity contribution < 1.29 is 24.5 Å². The Bertz CT molecular complexity index is 761. The highest BCUT2D eigenvalue weighted by atomic mass is 16.6. The molecule has 0 saturated carbocycles. The highest BCUT2D eigenvalue weighted by Gasteiger charge is 2.56. The monoisotopic (exact) mass is 355 g/mol. The molecule has 0 aromatic carbocycles. The summed E-state index contributed by atoms with van der Waals surface area (Å²) < 4.78 is 11.1. The molecule has 6 N–H and O–H groups in total. The molecule has 1 saturated heterocycles. The highest BCUT2D eigenvalue weighted by molar-refractivity contribution is 5.74. The van der Waals surface area contributed by atoms with E-state index in [-0.39, 0.29) is 5.82 Å². The fourth-order valence-corrected chi connectivity index (χ4v) is 2.22. The van der Waals surface area contributed by atoms with Crippen molar-refractivity contribution in [1.82, 2.24) is 9.55 Å². The summed E-state index contributed by atoms with van der Waals surface area (Å²) in [5.41, 5.74) is 16.5. The standard InChI is InChI=1S/C12H17N7O6/c1-5(13)10(22)24-4-12(17-18-15)8(21)7(20)9(25-12)19-3-2-6(14)16-11(19)23/h2-3,5,7-9,20-21H,4,13H2,1H3,(H2,14,16,23)/t5-,7+,8-,9+,12+/m0/s1. The molecule has 1 fully saturated rings. The zero-order valence-corrected chi connectivity index (χ0v) is 13.1. The molecule has 0 spiro atoms. The van der Waals surface area contributed by atoms with E-state index in [4.69, 9.17) is 26.5 Å². The first-order valence-corrected chi connectivity index (χ1v) is 7.09. The highest BCUT2D eigenvalue weighted by Crippen LogP contribution is 2.38. The molecule has 5 atom stereocenters. The van der Waals surface area contributed by atoms with Gasteiger partial charge in [-0.15, -0.1) is 0 Å². The molecule has 0 amide bonds. The Morgan fingerprint density at radius 3 is 2.92 bits per heavy atom. The van der Waals surface area contributed by atoms with Gasteiger partial charge in [-0.3, -0.25) is 9.36 Å². The van der Waals surface area contributed by atoms with Crippen LogP contribution < -0.4 is 17.2 Å². The number of nitrogens with two attached hydrogens (primary N) is 2. The van der Waals surface area contributed by atoms with Gasteiger partial charge < -0.3 is 31.2 Å². The number of anilines is 1. The fraction of sp³-hybridized carbons (Fsp3) is 0.583. The van der Waals surface area contributed by atoms with E-state index in [9.17, 15) is 19.8 Å². The van der Waals surface area contributed by atoms with Crippen LogP contribution in [-0.4, -0.2) is 56.3 Å². The van der Waals surface area contributed by atoms with Gasteiger partial charge in [-0.2, -0.15) is 4.98 Å². The molecule has 2 rings (SSSR count). The molecule has 0 aliphatic carbocycles. The summed E-state index contributed by atoms with van der Waals surface area (Å²) in [7, 11) is 0. The summed E-state index contributed by atoms with van der Waals surface area (Å²) in [6, 6.07) is 0.305. The minimum atomic E-state index is -2.15. The van der Waals surface area contributed by atoms with Gasteiger partial charge in [0.2, 0.25) is 5.72 Å². The van der Waals surface area contributed by atoms with Gasteiger partial charge in [-0.05, 0) is 18.5 Å². The first kappa shape index (κ1) is 18.6. The molecule has 1 aromatic heterocycles. The smallest absolute Gasteiger partial charge is 0.351 e. The molecular formula is C12H17N7O6. The van der Waals surface area contributed by atoms with Crippen molar-refractivity contribution in [3.05, 3.63) is 33.2 Å². The van der Waals surface area contributed by atoms with Crippen LogP contribution in [0.5, 0.6) is 0 Å². The van der Waals surface area contributed by atoms with Gasteiger partial charge in [0.25, 0.3) is 0 Å². The van der Waals surface area contributed by atoms with E-state index in [1.54, 1.807) is 0 Å². The molecule has 13 heteroatoms. The van der Waals surface area contributed by atoms with Crippen LogP contribution in [0.2, 0.25) is 0 Å². The lowest BCUT2D eigenvalue weighted by atomic mass is 10.1. The van der Waals surface area contributed by atoms with Crippen LogP contribution in [0.25, 0.3) is 10.4 Å². The molecule has 2 heterocycles. The second-order valence-electron chi connectivity index (χ2n) is 5.42. The second-order valence-corrected chi connectivity index (χ2v) is 5.42. The molecule has 13 nitrogen and oxygen atoms in total. The van der Waals surface area contributed by atoms with E-state index < -0.39 is 48.5 Å². The van der Waals surface area contributed by atoms with Crippen LogP contribution >= 0.6 is 0 Å². The summed E-state index contributed by atoms with van der Waals surface area (Å²) >= 11 is 0. The summed E-state index contributed by atoms with van der Waals surface area (Å²) in [6.45, 7) is 0.648. The third kappa shape index (κ3) is 3.55. The number of hydrogen-bond acceptors (Lipinski definition) is 10. The Kier molecular flexibility index (Phi) is 5.25. The predicted molar refractivity (Wildman–Crippen MR) is 81.5 cm³/mol. The molecule has 25 heavy (non-hydrogen) atoms. The number of aliphatic hydroxyl groups excluding tert-OH is 2. The second kappa shape index (κ2) is 7.04. The van der Waals surface area contributed by atoms with Crippen molar-refractivity contribution >= 4 is 11.8 Å². The maximum Gasteiger partial charge on any atom is 0.351 e. The lowest BCUT2D eigenvalue weighted by molar-refractivity contribution is -0.166. The first-order valence-electron chi connectivity index (χ1n) is 7.09. The number of aliphatic hydroxyl groups is 2. The Hall–Kier alpha value is -2.70. The summed E-state index contributed by atoms with van der Waals surface area (Å²) in [4.78, 5) is 29.4. The first-order chi connectivity index (χ1) is 11.7. The number of nitrogen functional groups attached to an aromatic ring is 1. The van der Waals surface area contributed by atoms with Gasteiger partial charge in [0, 0.05) is 11.1 Å². The minimum absolute atomic E-state index is 0.0542. The largest absolute Gasteiger partial charge is 0.461 e. The van der Waals surface area contributed by atoms with Gasteiger partial charge in [0.15, 0.2) is 6.23 Å². The third-order valence-electron chi connectivity index (χ3n) is 3.54. The van der Waals surface area contributed by atoms with Crippen molar-refractivity contribution in [2.75, 3.05) is 12.3 Å². The van der Waals surface area contributed by atoms with Gasteiger partial charge in [-0.25, -0.2) is 4.79 Å². The Balaban J connectivity index is 2.34. The third-order valence-corrected chi connectivity index (χ3v) is 3.54. The molecule has 136 valence electrons. The Labute approximate surface area is 140 Å². The van der Waals surface area contributed by atoms with Gasteiger partial charge in [0.05, 0.1) is 0 Å². The molecule has 1 aliphatic heterocycles. The molecule has 1 aliphatic rings. The summed E-state index contributed by atoms with van der Waals surface area (Å²) in [5.74, 6) is -0.894. The van der Waals surface area contributed by atoms with Crippen molar-refractivity contribution in [2.24, 2.45) is 10.8 Å². The predicted octanol–water partition coefficient (Wildman–Crippen LogP) is -2.03. The molecular weight excluding hydrogens is 338 g/mol. The minimum Gasteiger partial charge on any atom is -0.461 e. The number of esters is 1. The quantitative estimate of drug-likeness (QED) is 0.198. The number of aromatic nitrogens is 2. The van der Waals surface area contributed by atoms with Gasteiger partial charge in [0.1, 0.15) is 30.7 Å². The number of carbonyl (C=O) groups excluding carboxylic acids is 1. The van der Waals surface area contributed by atoms with Crippen LogP contribution in [0.15, 0.2) is 22.2 Å². The molecule has 0 bridgehead atoms. The van der Waals surface area contributed by atoms with Crippen LogP contribution in [0.1, 0.15) is 13.2 Å². The van der Waals surface area contributed by atoms with Crippen molar-refractivity contribution in [3.63, 3.8) is 0 Å². The van der Waals surface area contributed by atoms with Crippen LogP contribution in [0.4, 0.5) is 5.82 Å². The normalized spacial score (nSPS) is 29.7. The van der Waals surface area contributed by atoms with Crippen LogP contribution in [0.3, 0.4) is 0 Å². The zero-order valence-electron chi connectivity index (χ0n) is 13.1. The van der Waals surface area contributed by atoms with Gasteiger partial charge in [-0.1, -0.05) is 5.11 Å². The Morgan fingerprint density at radius 1 is 1.68 bits per heavy atom. The maximum atomic E-state index is 11.9. The van der Waals surface area contributed by atoms with E-state index in [0.717, 1.165) is 4.57 Å². The lowest BCUT2D eigenvalue weighted by Gasteiger charge is -2.26. The average molecular weight is 355 g/mol. The van der Waals surface area contributed by atoms with E-state index in [1.807, 2.05) is 0 Å². The number of rotatable bonds is 5. The van der Waals surface area contributed by atoms with Crippen molar-refractivity contribution in [1.29, 1.82) is 0 Å². The zero-order chi connectivity index (χ0) is 18.8. The molecule has 1 aromatic rings. The lowest BCUT2D eigenvalue weighted by Crippen LogP contribution is -2.46. The molecule has 0 unspecified atom stereocenters. The maximum absolute atomic E-state index is 11.9.